The molecule has 4 aromatic rings. The Kier molecular flexibility index (Phi) is 7.38. The van der Waals surface area contributed by atoms with E-state index in [0.717, 1.165) is 54.2 Å². The number of anilines is 3. The summed E-state index contributed by atoms with van der Waals surface area (Å²) in [5, 5.41) is 3.39. The number of hydrogen-bond donors (Lipinski definition) is 1. The summed E-state index contributed by atoms with van der Waals surface area (Å²) < 4.78 is 12.6. The zero-order valence-corrected chi connectivity index (χ0v) is 22.2. The fraction of sp³-hybridized carbons (Fsp3) is 0.379. The van der Waals surface area contributed by atoms with Crippen molar-refractivity contribution in [2.24, 2.45) is 0 Å². The van der Waals surface area contributed by atoms with Gasteiger partial charge < -0.3 is 29.2 Å². The molecule has 2 aromatic heterocycles. The fourth-order valence-electron chi connectivity index (χ4n) is 5.16. The Morgan fingerprint density at radius 3 is 2.54 bits per heavy atom. The van der Waals surface area contributed by atoms with Crippen molar-refractivity contribution < 1.29 is 14.3 Å². The minimum Gasteiger partial charge on any atom is -0.465 e. The summed E-state index contributed by atoms with van der Waals surface area (Å²) in [6.07, 6.45) is 4.52. The lowest BCUT2D eigenvalue weighted by atomic mass is 10.1. The highest BCUT2D eigenvalue weighted by Gasteiger charge is 2.18. The number of methoxy groups -OCH3 is 1. The molecule has 2 fully saturated rings. The third kappa shape index (κ3) is 5.71. The normalized spacial score (nSPS) is 16.1. The quantitative estimate of drug-likeness (QED) is 0.342. The molecule has 0 amide bonds. The third-order valence-electron chi connectivity index (χ3n) is 7.36. The summed E-state index contributed by atoms with van der Waals surface area (Å²) in [6.45, 7) is 7.08. The molecule has 0 aliphatic carbocycles. The molecule has 2 saturated heterocycles. The number of fused-ring (bicyclic) bond motifs is 1. The number of morpholine rings is 1. The molecule has 0 unspecified atom stereocenters. The van der Waals surface area contributed by atoms with E-state index in [1.165, 1.54) is 33.0 Å². The molecular formula is C29H33N7O3. The van der Waals surface area contributed by atoms with Crippen molar-refractivity contribution in [3.05, 3.63) is 60.4 Å². The van der Waals surface area contributed by atoms with Crippen LogP contribution in [0.25, 0.3) is 22.3 Å². The molecule has 10 heteroatoms. The van der Waals surface area contributed by atoms with Crippen molar-refractivity contribution in [1.82, 2.24) is 24.4 Å². The predicted molar refractivity (Wildman–Crippen MR) is 151 cm³/mol. The first-order valence-corrected chi connectivity index (χ1v) is 13.5. The number of hydrogen-bond acceptors (Lipinski definition) is 9. The summed E-state index contributed by atoms with van der Waals surface area (Å²) in [4.78, 5) is 30.9. The lowest BCUT2D eigenvalue weighted by Crippen LogP contribution is -2.37. The molecule has 1 N–H and O–H groups in total. The fourth-order valence-corrected chi connectivity index (χ4v) is 5.16. The van der Waals surface area contributed by atoms with Crippen LogP contribution in [0.5, 0.6) is 0 Å². The number of likely N-dealkylation sites (tertiary alicyclic amines) is 1. The first kappa shape index (κ1) is 25.3. The maximum absolute atomic E-state index is 11.8. The van der Waals surface area contributed by atoms with Crippen molar-refractivity contribution >= 4 is 34.5 Å². The molecule has 2 aromatic carbocycles. The molecule has 4 heterocycles. The maximum atomic E-state index is 11.8. The van der Waals surface area contributed by atoms with Crippen LogP contribution < -0.4 is 10.2 Å². The monoisotopic (exact) mass is 527 g/mol. The summed E-state index contributed by atoms with van der Waals surface area (Å²) in [6, 6.07) is 15.4. The van der Waals surface area contributed by atoms with E-state index in [1.54, 1.807) is 12.1 Å². The topological polar surface area (TPSA) is 97.6 Å². The molecular weight excluding hydrogens is 494 g/mol. The van der Waals surface area contributed by atoms with Crippen LogP contribution in [0, 0.1) is 0 Å². The van der Waals surface area contributed by atoms with Gasteiger partial charge in [-0.1, -0.05) is 6.07 Å². The molecule has 10 nitrogen and oxygen atoms in total. The zero-order valence-electron chi connectivity index (χ0n) is 22.2. The number of imidazole rings is 1. The van der Waals surface area contributed by atoms with Crippen LogP contribution in [0.15, 0.2) is 54.9 Å². The average molecular weight is 528 g/mol. The molecule has 2 aliphatic heterocycles. The van der Waals surface area contributed by atoms with Gasteiger partial charge in [0.05, 0.1) is 48.9 Å². The van der Waals surface area contributed by atoms with Gasteiger partial charge in [0.1, 0.15) is 5.82 Å². The van der Waals surface area contributed by atoms with Gasteiger partial charge >= 0.3 is 5.97 Å². The molecule has 6 rings (SSSR count). The zero-order chi connectivity index (χ0) is 26.6. The van der Waals surface area contributed by atoms with Gasteiger partial charge in [0.15, 0.2) is 0 Å². The third-order valence-corrected chi connectivity index (χ3v) is 7.36. The average Bonchev–Trinajstić information content (AvgIpc) is 3.66. The van der Waals surface area contributed by atoms with Gasteiger partial charge in [0.25, 0.3) is 0 Å². The minimum atomic E-state index is -0.365. The Balaban J connectivity index is 1.31. The van der Waals surface area contributed by atoms with Crippen LogP contribution in [0.3, 0.4) is 0 Å². The van der Waals surface area contributed by atoms with Crippen LogP contribution in [0.1, 0.15) is 23.2 Å². The van der Waals surface area contributed by atoms with Crippen LogP contribution in [0.4, 0.5) is 17.5 Å². The van der Waals surface area contributed by atoms with Crippen molar-refractivity contribution in [3.63, 3.8) is 0 Å². The second-order valence-electron chi connectivity index (χ2n) is 9.92. The lowest BCUT2D eigenvalue weighted by molar-refractivity contribution is 0.0600. The minimum absolute atomic E-state index is 0.365. The van der Waals surface area contributed by atoms with Crippen molar-refractivity contribution in [1.29, 1.82) is 0 Å². The highest BCUT2D eigenvalue weighted by atomic mass is 16.5. The number of ether oxygens (including phenoxy) is 2. The first-order chi connectivity index (χ1) is 19.2. The Hall–Kier alpha value is -4.02. The van der Waals surface area contributed by atoms with E-state index in [0.29, 0.717) is 30.5 Å². The Bertz CT molecular complexity index is 1440. The van der Waals surface area contributed by atoms with Crippen LogP contribution in [0.2, 0.25) is 0 Å². The molecule has 2 aliphatic rings. The van der Waals surface area contributed by atoms with Gasteiger partial charge in [-0.2, -0.15) is 4.98 Å². The van der Waals surface area contributed by atoms with Crippen molar-refractivity contribution in [3.8, 4) is 11.3 Å². The predicted octanol–water partition coefficient (Wildman–Crippen LogP) is 3.96. The SMILES string of the molecule is COC(=O)c1ccc(Nc2cc(-c3ccc4ncn(CCN5CCCC5)c4c3)nc(N3CCOCC3)n2)cc1. The van der Waals surface area contributed by atoms with E-state index in [4.69, 9.17) is 19.4 Å². The number of nitrogens with zero attached hydrogens (tertiary/aromatic N) is 6. The molecule has 202 valence electrons. The number of benzene rings is 2. The van der Waals surface area contributed by atoms with Crippen LogP contribution in [-0.2, 0) is 16.0 Å². The highest BCUT2D eigenvalue weighted by molar-refractivity contribution is 5.89. The highest BCUT2D eigenvalue weighted by Crippen LogP contribution is 2.28. The van der Waals surface area contributed by atoms with Crippen LogP contribution in [-0.4, -0.2) is 83.4 Å². The standard InChI is InChI=1S/C29H33N7O3/c1-38-28(37)21-4-7-23(8-5-21)31-27-19-25(32-29(33-27)35-14-16-39-17-15-35)22-6-9-24-26(18-22)36(20-30-24)13-12-34-10-2-3-11-34/h4-9,18-20H,2-3,10-17H2,1H3,(H,31,32,33). The molecule has 39 heavy (non-hydrogen) atoms. The second kappa shape index (κ2) is 11.4. The van der Waals surface area contributed by atoms with Crippen molar-refractivity contribution in [2.75, 3.05) is 63.3 Å². The number of rotatable bonds is 8. The number of esters is 1. The first-order valence-electron chi connectivity index (χ1n) is 13.5. The van der Waals surface area contributed by atoms with Gasteiger partial charge in [-0.3, -0.25) is 0 Å². The summed E-state index contributed by atoms with van der Waals surface area (Å²) >= 11 is 0. The van der Waals surface area contributed by atoms with E-state index in [-0.39, 0.29) is 5.97 Å². The Labute approximate surface area is 227 Å². The molecule has 0 spiro atoms. The van der Waals surface area contributed by atoms with E-state index in [2.05, 4.69) is 42.9 Å². The summed E-state index contributed by atoms with van der Waals surface area (Å²) in [7, 11) is 1.38. The smallest absolute Gasteiger partial charge is 0.337 e. The molecule has 0 atom stereocenters. The van der Waals surface area contributed by atoms with E-state index in [9.17, 15) is 4.79 Å². The number of nitrogens with one attached hydrogen (secondary N) is 1. The van der Waals surface area contributed by atoms with Gasteiger partial charge in [0, 0.05) is 43.5 Å². The number of aromatic nitrogens is 4. The summed E-state index contributed by atoms with van der Waals surface area (Å²) in [5.74, 6) is 0.970. The van der Waals surface area contributed by atoms with Gasteiger partial charge in [-0.15, -0.1) is 0 Å². The lowest BCUT2D eigenvalue weighted by Gasteiger charge is -2.27. The van der Waals surface area contributed by atoms with E-state index in [1.807, 2.05) is 24.5 Å². The van der Waals surface area contributed by atoms with Gasteiger partial charge in [-0.25, -0.2) is 14.8 Å². The molecule has 0 radical (unpaired) electrons. The largest absolute Gasteiger partial charge is 0.465 e. The number of carbonyl (C=O) groups is 1. The van der Waals surface area contributed by atoms with E-state index >= 15 is 0 Å². The van der Waals surface area contributed by atoms with Gasteiger partial charge in [-0.05, 0) is 62.3 Å². The molecule has 0 saturated carbocycles. The second-order valence-corrected chi connectivity index (χ2v) is 9.92. The molecule has 0 bridgehead atoms. The Morgan fingerprint density at radius 2 is 1.77 bits per heavy atom. The number of carbonyl (C=O) groups excluding carboxylic acids is 1. The van der Waals surface area contributed by atoms with E-state index < -0.39 is 0 Å². The van der Waals surface area contributed by atoms with Gasteiger partial charge in [0.2, 0.25) is 5.95 Å². The summed E-state index contributed by atoms with van der Waals surface area (Å²) in [5.41, 5.74) is 5.23. The maximum Gasteiger partial charge on any atom is 0.337 e. The Morgan fingerprint density at radius 1 is 0.974 bits per heavy atom. The van der Waals surface area contributed by atoms with Crippen LogP contribution >= 0.6 is 0 Å². The van der Waals surface area contributed by atoms with Crippen molar-refractivity contribution in [2.45, 2.75) is 19.4 Å².